The molecule has 5 heterocycles. The molecule has 168 valence electrons. The van der Waals surface area contributed by atoms with Crippen LogP contribution in [0.5, 0.6) is 5.75 Å². The SMILES string of the molecule is Cc1nn(-c2ncnc3nc[nH]c23)c2c1C(OCc1cc(F)cc3c1OCOC3)CC(=O)N2. The molecule has 33 heavy (non-hydrogen) atoms. The number of halogens is 1. The molecule has 2 N–H and O–H groups in total. The van der Waals surface area contributed by atoms with Crippen molar-refractivity contribution in [1.82, 2.24) is 29.7 Å². The summed E-state index contributed by atoms with van der Waals surface area (Å²) in [5, 5.41) is 7.48. The van der Waals surface area contributed by atoms with Gasteiger partial charge in [0.05, 0.1) is 37.8 Å². The van der Waals surface area contributed by atoms with Crippen LogP contribution in [0.15, 0.2) is 24.8 Å². The van der Waals surface area contributed by atoms with Crippen LogP contribution >= 0.6 is 0 Å². The largest absolute Gasteiger partial charge is 0.467 e. The average molecular weight is 451 g/mol. The maximum absolute atomic E-state index is 14.1. The fourth-order valence-electron chi connectivity index (χ4n) is 4.26. The van der Waals surface area contributed by atoms with E-state index in [1.54, 1.807) is 4.68 Å². The number of hydrogen-bond donors (Lipinski definition) is 2. The van der Waals surface area contributed by atoms with Gasteiger partial charge in [-0.2, -0.15) is 9.78 Å². The molecule has 1 atom stereocenters. The minimum Gasteiger partial charge on any atom is -0.467 e. The number of fused-ring (bicyclic) bond motifs is 3. The normalized spacial score (nSPS) is 17.4. The van der Waals surface area contributed by atoms with E-state index in [1.165, 1.54) is 24.8 Å². The van der Waals surface area contributed by atoms with Crippen molar-refractivity contribution in [2.75, 3.05) is 12.1 Å². The molecular formula is C21H18FN7O4. The van der Waals surface area contributed by atoms with Crippen molar-refractivity contribution >= 4 is 22.9 Å². The van der Waals surface area contributed by atoms with Gasteiger partial charge in [-0.3, -0.25) is 4.79 Å². The molecule has 1 aromatic carbocycles. The van der Waals surface area contributed by atoms with E-state index >= 15 is 0 Å². The van der Waals surface area contributed by atoms with Crippen molar-refractivity contribution < 1.29 is 23.4 Å². The van der Waals surface area contributed by atoms with Crippen molar-refractivity contribution in [2.45, 2.75) is 32.7 Å². The number of aromatic amines is 1. The van der Waals surface area contributed by atoms with E-state index in [0.717, 1.165) is 5.56 Å². The third kappa shape index (κ3) is 3.31. The fraction of sp³-hybridized carbons (Fsp3) is 0.286. The number of aromatic nitrogens is 6. The summed E-state index contributed by atoms with van der Waals surface area (Å²) in [6.07, 6.45) is 2.42. The van der Waals surface area contributed by atoms with Crippen LogP contribution in [0.2, 0.25) is 0 Å². The minimum atomic E-state index is -0.583. The number of H-pyrrole nitrogens is 1. The molecule has 0 fully saturated rings. The number of nitrogens with zero attached hydrogens (tertiary/aromatic N) is 5. The molecule has 1 amide bonds. The summed E-state index contributed by atoms with van der Waals surface area (Å²) < 4.78 is 32.6. The molecule has 2 aliphatic heterocycles. The summed E-state index contributed by atoms with van der Waals surface area (Å²) in [4.78, 5) is 28.2. The highest BCUT2D eigenvalue weighted by atomic mass is 19.1. The number of anilines is 1. The fourth-order valence-corrected chi connectivity index (χ4v) is 4.26. The second-order valence-electron chi connectivity index (χ2n) is 7.77. The summed E-state index contributed by atoms with van der Waals surface area (Å²) in [5.74, 6) is 0.845. The highest BCUT2D eigenvalue weighted by Crippen LogP contribution is 2.39. The van der Waals surface area contributed by atoms with E-state index in [1.807, 2.05) is 6.92 Å². The van der Waals surface area contributed by atoms with E-state index in [9.17, 15) is 9.18 Å². The van der Waals surface area contributed by atoms with Crippen LogP contribution in [0.25, 0.3) is 17.0 Å². The van der Waals surface area contributed by atoms with Gasteiger partial charge in [0.25, 0.3) is 0 Å². The van der Waals surface area contributed by atoms with Crippen LogP contribution in [0.3, 0.4) is 0 Å². The van der Waals surface area contributed by atoms with E-state index < -0.39 is 11.9 Å². The zero-order chi connectivity index (χ0) is 22.5. The van der Waals surface area contributed by atoms with Crippen molar-refractivity contribution in [3.8, 4) is 11.6 Å². The number of rotatable bonds is 4. The standard InChI is InChI=1S/C21H18FN7O4/c1-10-16-14(32-6-12-3-13(22)2-11-5-31-9-33-18(11)12)4-15(30)27-20(16)29(28-10)21-17-19(24-7-23-17)25-8-26-21/h2-3,7-8,14H,4-6,9H2,1H3,(H,27,30)(H,23,24,25,26). The van der Waals surface area contributed by atoms with Gasteiger partial charge in [0.1, 0.15) is 29.2 Å². The number of carbonyl (C=O) groups excluding carboxylic acids is 1. The number of ether oxygens (including phenoxy) is 3. The first-order valence-electron chi connectivity index (χ1n) is 10.3. The second-order valence-corrected chi connectivity index (χ2v) is 7.77. The molecule has 0 aliphatic carbocycles. The van der Waals surface area contributed by atoms with Crippen molar-refractivity contribution in [1.29, 1.82) is 0 Å². The first-order chi connectivity index (χ1) is 16.1. The Morgan fingerprint density at radius 3 is 3.12 bits per heavy atom. The average Bonchev–Trinajstić information content (AvgIpc) is 3.41. The Morgan fingerprint density at radius 2 is 2.21 bits per heavy atom. The Hall–Kier alpha value is -3.90. The van der Waals surface area contributed by atoms with Crippen LogP contribution in [0.1, 0.15) is 34.9 Å². The highest BCUT2D eigenvalue weighted by molar-refractivity contribution is 5.94. The topological polar surface area (TPSA) is 129 Å². The minimum absolute atomic E-state index is 0.0560. The van der Waals surface area contributed by atoms with Crippen LogP contribution < -0.4 is 10.1 Å². The lowest BCUT2D eigenvalue weighted by Gasteiger charge is -2.25. The van der Waals surface area contributed by atoms with Crippen LogP contribution in [0.4, 0.5) is 10.2 Å². The molecule has 11 nitrogen and oxygen atoms in total. The Labute approximate surface area is 185 Å². The van der Waals surface area contributed by atoms with Crippen molar-refractivity contribution in [2.24, 2.45) is 0 Å². The quantitative estimate of drug-likeness (QED) is 0.484. The van der Waals surface area contributed by atoms with Gasteiger partial charge in [-0.15, -0.1) is 0 Å². The summed E-state index contributed by atoms with van der Waals surface area (Å²) >= 11 is 0. The maximum atomic E-state index is 14.1. The monoisotopic (exact) mass is 451 g/mol. The molecule has 1 unspecified atom stereocenters. The molecule has 3 aromatic heterocycles. The Kier molecular flexibility index (Phi) is 4.55. The lowest BCUT2D eigenvalue weighted by atomic mass is 10.0. The lowest BCUT2D eigenvalue weighted by molar-refractivity contribution is -0.120. The number of carbonyl (C=O) groups is 1. The Morgan fingerprint density at radius 1 is 1.30 bits per heavy atom. The van der Waals surface area contributed by atoms with Gasteiger partial charge < -0.3 is 24.5 Å². The van der Waals surface area contributed by atoms with Crippen molar-refractivity contribution in [3.63, 3.8) is 0 Å². The number of nitrogens with one attached hydrogen (secondary N) is 2. The molecule has 0 radical (unpaired) electrons. The van der Waals surface area contributed by atoms with Gasteiger partial charge in [0.15, 0.2) is 18.3 Å². The molecule has 12 heteroatoms. The zero-order valence-electron chi connectivity index (χ0n) is 17.5. The van der Waals surface area contributed by atoms with E-state index in [2.05, 4.69) is 30.4 Å². The second kappa shape index (κ2) is 7.60. The van der Waals surface area contributed by atoms with E-state index in [0.29, 0.717) is 45.4 Å². The van der Waals surface area contributed by atoms with Gasteiger partial charge in [-0.05, 0) is 19.1 Å². The lowest BCUT2D eigenvalue weighted by Crippen LogP contribution is -2.26. The zero-order valence-corrected chi connectivity index (χ0v) is 17.5. The van der Waals surface area contributed by atoms with Crippen molar-refractivity contribution in [3.05, 3.63) is 53.0 Å². The molecular weight excluding hydrogens is 433 g/mol. The first kappa shape index (κ1) is 19.8. The predicted molar refractivity (Wildman–Crippen MR) is 111 cm³/mol. The van der Waals surface area contributed by atoms with E-state index in [-0.39, 0.29) is 32.3 Å². The molecule has 4 aromatic rings. The Bertz CT molecular complexity index is 1400. The predicted octanol–water partition coefficient (Wildman–Crippen LogP) is 2.45. The van der Waals surface area contributed by atoms with Crippen LogP contribution in [-0.4, -0.2) is 42.4 Å². The number of aryl methyl sites for hydroxylation is 1. The number of imidazole rings is 1. The van der Waals surface area contributed by atoms with Gasteiger partial charge in [-0.25, -0.2) is 19.3 Å². The molecule has 0 saturated carbocycles. The van der Waals surface area contributed by atoms with E-state index in [4.69, 9.17) is 14.2 Å². The third-order valence-corrected chi connectivity index (χ3v) is 5.65. The third-order valence-electron chi connectivity index (χ3n) is 5.65. The number of amides is 1. The molecule has 2 aliphatic rings. The molecule has 0 spiro atoms. The van der Waals surface area contributed by atoms with Gasteiger partial charge in [-0.1, -0.05) is 0 Å². The first-order valence-corrected chi connectivity index (χ1v) is 10.3. The molecule has 0 bridgehead atoms. The van der Waals surface area contributed by atoms with Gasteiger partial charge in [0, 0.05) is 16.7 Å². The summed E-state index contributed by atoms with van der Waals surface area (Å²) in [6.45, 7) is 2.25. The van der Waals surface area contributed by atoms with Crippen LogP contribution in [-0.2, 0) is 27.5 Å². The van der Waals surface area contributed by atoms with Crippen LogP contribution in [0, 0.1) is 12.7 Å². The molecule has 0 saturated heterocycles. The van der Waals surface area contributed by atoms with Gasteiger partial charge >= 0.3 is 0 Å². The number of hydrogen-bond acceptors (Lipinski definition) is 8. The number of benzene rings is 1. The highest BCUT2D eigenvalue weighted by Gasteiger charge is 2.33. The maximum Gasteiger partial charge on any atom is 0.228 e. The smallest absolute Gasteiger partial charge is 0.228 e. The molecule has 6 rings (SSSR count). The Balaban J connectivity index is 1.36. The summed E-state index contributed by atoms with van der Waals surface area (Å²) in [7, 11) is 0. The summed E-state index contributed by atoms with van der Waals surface area (Å²) in [5.41, 5.74) is 3.66. The van der Waals surface area contributed by atoms with Gasteiger partial charge in [0.2, 0.25) is 5.91 Å². The summed E-state index contributed by atoms with van der Waals surface area (Å²) in [6, 6.07) is 2.76.